The van der Waals surface area contributed by atoms with Crippen molar-refractivity contribution in [2.24, 2.45) is 7.05 Å². The summed E-state index contributed by atoms with van der Waals surface area (Å²) in [5, 5.41) is 12.6. The highest BCUT2D eigenvalue weighted by molar-refractivity contribution is 5.96. The number of rotatable bonds is 5. The van der Waals surface area contributed by atoms with Gasteiger partial charge >= 0.3 is 6.18 Å². The molecule has 0 saturated carbocycles. The fourth-order valence-electron chi connectivity index (χ4n) is 3.15. The number of halogens is 3. The molecular weight excluding hydrogens is 377 g/mol. The molecule has 1 aromatic carbocycles. The van der Waals surface area contributed by atoms with Gasteiger partial charge in [-0.2, -0.15) is 13.2 Å². The number of nitrogens with one attached hydrogen (secondary N) is 1. The van der Waals surface area contributed by atoms with E-state index in [2.05, 4.69) is 10.3 Å². The van der Waals surface area contributed by atoms with Crippen molar-refractivity contribution in [3.8, 4) is 0 Å². The zero-order valence-corrected chi connectivity index (χ0v) is 15.0. The van der Waals surface area contributed by atoms with Crippen LogP contribution in [0.2, 0.25) is 0 Å². The van der Waals surface area contributed by atoms with Crippen molar-refractivity contribution in [1.29, 1.82) is 0 Å². The molecule has 1 aliphatic heterocycles. The van der Waals surface area contributed by atoms with E-state index in [1.54, 1.807) is 17.0 Å². The van der Waals surface area contributed by atoms with Gasteiger partial charge in [0.15, 0.2) is 5.82 Å². The molecule has 2 aromatic rings. The van der Waals surface area contributed by atoms with Crippen molar-refractivity contribution in [1.82, 2.24) is 9.55 Å². The summed E-state index contributed by atoms with van der Waals surface area (Å²) in [6.45, 7) is 0.604. The van der Waals surface area contributed by atoms with Crippen molar-refractivity contribution in [2.45, 2.75) is 31.0 Å². The summed E-state index contributed by atoms with van der Waals surface area (Å²) in [7, 11) is 1.30. The normalized spacial score (nSPS) is 16.9. The van der Waals surface area contributed by atoms with E-state index in [-0.39, 0.29) is 11.6 Å². The van der Waals surface area contributed by atoms with Crippen LogP contribution in [0, 0.1) is 0 Å². The van der Waals surface area contributed by atoms with Crippen LogP contribution in [-0.4, -0.2) is 39.2 Å². The molecule has 0 bridgehead atoms. The van der Waals surface area contributed by atoms with Crippen molar-refractivity contribution < 1.29 is 27.9 Å². The molecule has 2 N–H and O–H groups in total. The summed E-state index contributed by atoms with van der Waals surface area (Å²) < 4.78 is 41.5. The average molecular weight is 396 g/mol. The van der Waals surface area contributed by atoms with Crippen LogP contribution in [0.4, 0.5) is 24.5 Å². The monoisotopic (exact) mass is 396 g/mol. The quantitative estimate of drug-likeness (QED) is 0.812. The fraction of sp³-hybridized carbons (Fsp3) is 0.389. The molecule has 3 rings (SSSR count). The Hall–Kier alpha value is -2.88. The number of hydrogen-bond acceptors (Lipinski definition) is 4. The van der Waals surface area contributed by atoms with Crippen molar-refractivity contribution in [3.63, 3.8) is 0 Å². The molecule has 0 aliphatic carbocycles. The Morgan fingerprint density at radius 2 is 1.96 bits per heavy atom. The molecule has 2 amide bonds. The second-order valence-corrected chi connectivity index (χ2v) is 6.64. The van der Waals surface area contributed by atoms with Crippen LogP contribution in [0.3, 0.4) is 0 Å². The largest absolute Gasteiger partial charge is 0.425 e. The van der Waals surface area contributed by atoms with Gasteiger partial charge < -0.3 is 19.9 Å². The Balaban J connectivity index is 1.73. The molecule has 7 nitrogen and oxygen atoms in total. The lowest BCUT2D eigenvalue weighted by Crippen LogP contribution is -2.46. The molecule has 1 atom stereocenters. The number of imidazole rings is 1. The van der Waals surface area contributed by atoms with Gasteiger partial charge in [-0.3, -0.25) is 9.59 Å². The zero-order chi connectivity index (χ0) is 20.5. The number of carbonyl (C=O) groups excluding carboxylic acids is 2. The fourth-order valence-corrected chi connectivity index (χ4v) is 3.15. The van der Waals surface area contributed by atoms with Gasteiger partial charge in [0.1, 0.15) is 0 Å². The molecular formula is C18H19F3N4O3. The maximum atomic E-state index is 13.5. The van der Waals surface area contributed by atoms with E-state index in [9.17, 15) is 27.9 Å². The van der Waals surface area contributed by atoms with Gasteiger partial charge in [-0.15, -0.1) is 0 Å². The summed E-state index contributed by atoms with van der Waals surface area (Å²) in [6, 6.07) is 6.19. The first-order valence-corrected chi connectivity index (χ1v) is 8.59. The third kappa shape index (κ3) is 3.72. The maximum absolute atomic E-state index is 13.5. The first-order valence-electron chi connectivity index (χ1n) is 8.59. The highest BCUT2D eigenvalue weighted by Gasteiger charge is 2.58. The minimum Gasteiger partial charge on any atom is -0.374 e. The van der Waals surface area contributed by atoms with E-state index in [4.69, 9.17) is 0 Å². The Kier molecular flexibility index (Phi) is 5.16. The van der Waals surface area contributed by atoms with E-state index in [1.165, 1.54) is 25.4 Å². The lowest BCUT2D eigenvalue weighted by molar-refractivity contribution is -0.270. The van der Waals surface area contributed by atoms with E-state index in [1.807, 2.05) is 0 Å². The molecule has 0 spiro atoms. The molecule has 1 aromatic heterocycles. The van der Waals surface area contributed by atoms with Gasteiger partial charge in [-0.05, 0) is 30.7 Å². The number of amides is 2. The van der Waals surface area contributed by atoms with Crippen LogP contribution >= 0.6 is 0 Å². The number of carbonyl (C=O) groups is 2. The van der Waals surface area contributed by atoms with Crippen LogP contribution in [0.15, 0.2) is 36.7 Å². The number of aryl methyl sites for hydroxylation is 1. The summed E-state index contributed by atoms with van der Waals surface area (Å²) in [5.74, 6) is -1.69. The third-order valence-electron chi connectivity index (χ3n) is 4.61. The molecule has 0 radical (unpaired) electrons. The lowest BCUT2D eigenvalue weighted by atomic mass is 9.97. The molecule has 1 fully saturated rings. The number of alkyl halides is 3. The predicted octanol–water partition coefficient (Wildman–Crippen LogP) is 2.33. The number of anilines is 2. The molecule has 2 heterocycles. The molecule has 1 unspecified atom stereocenters. The lowest BCUT2D eigenvalue weighted by Gasteiger charge is -2.29. The van der Waals surface area contributed by atoms with Crippen molar-refractivity contribution in [3.05, 3.63) is 42.5 Å². The van der Waals surface area contributed by atoms with Crippen LogP contribution in [-0.2, 0) is 22.2 Å². The summed E-state index contributed by atoms with van der Waals surface area (Å²) in [6.07, 6.45) is -2.73. The smallest absolute Gasteiger partial charge is 0.374 e. The first-order chi connectivity index (χ1) is 13.1. The van der Waals surface area contributed by atoms with E-state index < -0.39 is 29.9 Å². The van der Waals surface area contributed by atoms with Gasteiger partial charge in [0, 0.05) is 43.8 Å². The molecule has 150 valence electrons. The Bertz CT molecular complexity index is 879. The van der Waals surface area contributed by atoms with Crippen LogP contribution in [0.1, 0.15) is 25.1 Å². The highest BCUT2D eigenvalue weighted by atomic mass is 19.4. The SMILES string of the molecule is Cn1ccnc1C(O)(CC(=O)Nc1ccc(N2CCCC2=O)cc1)C(F)(F)F. The zero-order valence-electron chi connectivity index (χ0n) is 15.0. The minimum atomic E-state index is -5.09. The molecule has 10 heteroatoms. The number of hydrogen-bond donors (Lipinski definition) is 2. The van der Waals surface area contributed by atoms with Gasteiger partial charge in [0.2, 0.25) is 17.4 Å². The Morgan fingerprint density at radius 3 is 2.46 bits per heavy atom. The number of benzene rings is 1. The highest BCUT2D eigenvalue weighted by Crippen LogP contribution is 2.41. The molecule has 1 saturated heterocycles. The van der Waals surface area contributed by atoms with Crippen LogP contribution in [0.25, 0.3) is 0 Å². The Labute approximate surface area is 158 Å². The van der Waals surface area contributed by atoms with Crippen molar-refractivity contribution in [2.75, 3.05) is 16.8 Å². The summed E-state index contributed by atoms with van der Waals surface area (Å²) >= 11 is 0. The van der Waals surface area contributed by atoms with E-state index in [0.29, 0.717) is 18.7 Å². The van der Waals surface area contributed by atoms with Gasteiger partial charge in [0.05, 0.1) is 6.42 Å². The average Bonchev–Trinajstić information content (AvgIpc) is 3.23. The maximum Gasteiger partial charge on any atom is 0.425 e. The summed E-state index contributed by atoms with van der Waals surface area (Å²) in [5.41, 5.74) is -2.51. The van der Waals surface area contributed by atoms with E-state index >= 15 is 0 Å². The first kappa shape index (κ1) is 19.9. The second-order valence-electron chi connectivity index (χ2n) is 6.64. The Morgan fingerprint density at radius 1 is 1.29 bits per heavy atom. The van der Waals surface area contributed by atoms with Gasteiger partial charge in [-0.1, -0.05) is 0 Å². The van der Waals surface area contributed by atoms with E-state index in [0.717, 1.165) is 17.2 Å². The van der Waals surface area contributed by atoms with Gasteiger partial charge in [-0.25, -0.2) is 4.98 Å². The summed E-state index contributed by atoms with van der Waals surface area (Å²) in [4.78, 5) is 29.1. The van der Waals surface area contributed by atoms with Crippen LogP contribution < -0.4 is 10.2 Å². The predicted molar refractivity (Wildman–Crippen MR) is 94.4 cm³/mol. The number of nitrogens with zero attached hydrogens (tertiary/aromatic N) is 3. The minimum absolute atomic E-state index is 0.00194. The standard InChI is InChI=1S/C18H19F3N4O3/c1-24-10-8-22-16(24)17(28,18(19,20)21)11-14(26)23-12-4-6-13(7-5-12)25-9-2-3-15(25)27/h4-8,10,28H,2-3,9,11H2,1H3,(H,23,26). The van der Waals surface area contributed by atoms with Gasteiger partial charge in [0.25, 0.3) is 0 Å². The third-order valence-corrected chi connectivity index (χ3v) is 4.61. The molecule has 28 heavy (non-hydrogen) atoms. The number of aliphatic hydroxyl groups is 1. The topological polar surface area (TPSA) is 87.5 Å². The second kappa shape index (κ2) is 7.27. The molecule has 1 aliphatic rings. The van der Waals surface area contributed by atoms with Crippen molar-refractivity contribution >= 4 is 23.2 Å². The number of aromatic nitrogens is 2. The van der Waals surface area contributed by atoms with Crippen LogP contribution in [0.5, 0.6) is 0 Å².